The summed E-state index contributed by atoms with van der Waals surface area (Å²) in [5.41, 5.74) is -0.319. The van der Waals surface area contributed by atoms with Crippen molar-refractivity contribution < 1.29 is 9.52 Å². The monoisotopic (exact) mass is 362 g/mol. The highest BCUT2D eigenvalue weighted by Gasteiger charge is 2.27. The van der Waals surface area contributed by atoms with Gasteiger partial charge < -0.3 is 24.7 Å². The summed E-state index contributed by atoms with van der Waals surface area (Å²) in [6, 6.07) is 1.86. The Kier molecular flexibility index (Phi) is 6.79. The molecule has 0 bridgehead atoms. The first-order valence-corrected chi connectivity index (χ1v) is 9.06. The highest BCUT2D eigenvalue weighted by Crippen LogP contribution is 2.27. The van der Waals surface area contributed by atoms with E-state index in [0.29, 0.717) is 12.5 Å². The number of rotatable bonds is 8. The number of hydrogen-bond donors (Lipinski definition) is 3. The summed E-state index contributed by atoms with van der Waals surface area (Å²) in [6.45, 7) is 11.9. The molecule has 0 spiro atoms. The van der Waals surface area contributed by atoms with Gasteiger partial charge in [0.25, 0.3) is 0 Å². The van der Waals surface area contributed by atoms with Crippen LogP contribution in [0.1, 0.15) is 43.7 Å². The molecule has 2 aromatic rings. The zero-order chi connectivity index (χ0) is 19.2. The highest BCUT2D eigenvalue weighted by atomic mass is 16.3. The lowest BCUT2D eigenvalue weighted by molar-refractivity contribution is 0.0657. The lowest BCUT2D eigenvalue weighted by atomic mass is 9.96. The number of aryl methyl sites for hydroxylation is 3. The van der Waals surface area contributed by atoms with Crippen LogP contribution in [0, 0.1) is 13.8 Å². The van der Waals surface area contributed by atoms with Crippen LogP contribution in [-0.2, 0) is 18.6 Å². The third-order valence-electron chi connectivity index (χ3n) is 4.17. The van der Waals surface area contributed by atoms with E-state index in [1.54, 1.807) is 13.3 Å². The Balaban J connectivity index is 1.98. The van der Waals surface area contributed by atoms with Crippen molar-refractivity contribution in [2.24, 2.45) is 4.99 Å². The maximum Gasteiger partial charge on any atom is 0.191 e. The Labute approximate surface area is 154 Å². The Morgan fingerprint density at radius 3 is 2.73 bits per heavy atom. The summed E-state index contributed by atoms with van der Waals surface area (Å²) in [6.07, 6.45) is 2.58. The molecule has 2 aromatic heterocycles. The van der Waals surface area contributed by atoms with Crippen molar-refractivity contribution >= 4 is 5.96 Å². The van der Waals surface area contributed by atoms with Crippen molar-refractivity contribution in [2.45, 2.75) is 53.2 Å². The predicted octanol–water partition coefficient (Wildman–Crippen LogP) is 1.51. The van der Waals surface area contributed by atoms with Crippen LogP contribution in [0.3, 0.4) is 0 Å². The molecular weight excluding hydrogens is 332 g/mol. The molecular formula is C18H30N6O2. The van der Waals surface area contributed by atoms with Gasteiger partial charge in [-0.15, -0.1) is 10.2 Å². The first-order chi connectivity index (χ1) is 12.4. The number of nitrogens with one attached hydrogen (secondary N) is 2. The van der Waals surface area contributed by atoms with E-state index in [4.69, 9.17) is 4.42 Å². The van der Waals surface area contributed by atoms with E-state index in [0.717, 1.165) is 42.4 Å². The average Bonchev–Trinajstić information content (AvgIpc) is 3.18. The second kappa shape index (κ2) is 8.84. The van der Waals surface area contributed by atoms with Crippen LogP contribution in [-0.4, -0.2) is 45.5 Å². The number of aliphatic hydroxyl groups is 1. The summed E-state index contributed by atoms with van der Waals surface area (Å²) in [7, 11) is 0. The van der Waals surface area contributed by atoms with Gasteiger partial charge in [-0.1, -0.05) is 6.92 Å². The molecule has 0 aliphatic carbocycles. The molecule has 0 amide bonds. The molecule has 8 heteroatoms. The van der Waals surface area contributed by atoms with Gasteiger partial charge in [0.2, 0.25) is 0 Å². The van der Waals surface area contributed by atoms with Crippen molar-refractivity contribution in [1.29, 1.82) is 0 Å². The minimum Gasteiger partial charge on any atom is -0.466 e. The van der Waals surface area contributed by atoms with Gasteiger partial charge in [0.1, 0.15) is 29.3 Å². The van der Waals surface area contributed by atoms with Crippen LogP contribution < -0.4 is 10.6 Å². The topological polar surface area (TPSA) is 100 Å². The van der Waals surface area contributed by atoms with Crippen molar-refractivity contribution in [3.05, 3.63) is 35.3 Å². The molecule has 0 saturated heterocycles. The van der Waals surface area contributed by atoms with Gasteiger partial charge in [0.15, 0.2) is 5.96 Å². The molecule has 0 fully saturated rings. The fourth-order valence-electron chi connectivity index (χ4n) is 2.86. The lowest BCUT2D eigenvalue weighted by Gasteiger charge is -2.21. The maximum absolute atomic E-state index is 10.8. The van der Waals surface area contributed by atoms with Gasteiger partial charge in [0, 0.05) is 31.6 Å². The van der Waals surface area contributed by atoms with Crippen LogP contribution in [0.4, 0.5) is 0 Å². The van der Waals surface area contributed by atoms with Crippen molar-refractivity contribution in [2.75, 3.05) is 19.6 Å². The first kappa shape index (κ1) is 20.0. The van der Waals surface area contributed by atoms with E-state index in [1.165, 1.54) is 0 Å². The first-order valence-electron chi connectivity index (χ1n) is 9.06. The molecule has 0 radical (unpaired) electrons. The molecule has 3 N–H and O–H groups in total. The van der Waals surface area contributed by atoms with Crippen molar-refractivity contribution in [3.63, 3.8) is 0 Å². The number of guanidine groups is 1. The molecule has 2 heterocycles. The van der Waals surface area contributed by atoms with E-state index in [9.17, 15) is 5.11 Å². The fraction of sp³-hybridized carbons (Fsp3) is 0.611. The predicted molar refractivity (Wildman–Crippen MR) is 101 cm³/mol. The summed E-state index contributed by atoms with van der Waals surface area (Å²) in [5, 5.41) is 25.3. The Bertz CT molecular complexity index is 732. The third kappa shape index (κ3) is 5.08. The summed E-state index contributed by atoms with van der Waals surface area (Å²) >= 11 is 0. The molecule has 0 aromatic carbocycles. The number of furan rings is 1. The van der Waals surface area contributed by atoms with Gasteiger partial charge in [-0.2, -0.15) is 0 Å². The number of aliphatic imine (C=N–C) groups is 1. The Morgan fingerprint density at radius 1 is 1.35 bits per heavy atom. The third-order valence-corrected chi connectivity index (χ3v) is 4.17. The largest absolute Gasteiger partial charge is 0.466 e. The van der Waals surface area contributed by atoms with Crippen LogP contribution >= 0.6 is 0 Å². The summed E-state index contributed by atoms with van der Waals surface area (Å²) in [5.74, 6) is 3.13. The highest BCUT2D eigenvalue weighted by molar-refractivity contribution is 5.79. The number of aromatic nitrogens is 3. The summed E-state index contributed by atoms with van der Waals surface area (Å²) < 4.78 is 7.55. The lowest BCUT2D eigenvalue weighted by Crippen LogP contribution is -2.40. The average molecular weight is 362 g/mol. The quantitative estimate of drug-likeness (QED) is 0.486. The van der Waals surface area contributed by atoms with E-state index in [2.05, 4.69) is 32.7 Å². The van der Waals surface area contributed by atoms with Crippen molar-refractivity contribution in [3.8, 4) is 0 Å². The minimum atomic E-state index is -1.09. The van der Waals surface area contributed by atoms with Crippen LogP contribution in [0.2, 0.25) is 0 Å². The maximum atomic E-state index is 10.8. The zero-order valence-corrected chi connectivity index (χ0v) is 16.3. The fourth-order valence-corrected chi connectivity index (χ4v) is 2.86. The molecule has 144 valence electrons. The summed E-state index contributed by atoms with van der Waals surface area (Å²) in [4.78, 5) is 4.54. The minimum absolute atomic E-state index is 0.231. The molecule has 2 rings (SSSR count). The van der Waals surface area contributed by atoms with Gasteiger partial charge >= 0.3 is 0 Å². The Morgan fingerprint density at radius 2 is 2.12 bits per heavy atom. The van der Waals surface area contributed by atoms with E-state index in [1.807, 2.05) is 31.4 Å². The molecule has 26 heavy (non-hydrogen) atoms. The van der Waals surface area contributed by atoms with Crippen LogP contribution in [0.25, 0.3) is 0 Å². The molecule has 8 nitrogen and oxygen atoms in total. The van der Waals surface area contributed by atoms with E-state index < -0.39 is 5.60 Å². The number of nitrogens with zero attached hydrogens (tertiary/aromatic N) is 4. The molecule has 0 aliphatic heterocycles. The van der Waals surface area contributed by atoms with E-state index >= 15 is 0 Å². The molecule has 1 unspecified atom stereocenters. The van der Waals surface area contributed by atoms with E-state index in [-0.39, 0.29) is 6.54 Å². The normalized spacial score (nSPS) is 14.3. The van der Waals surface area contributed by atoms with Gasteiger partial charge in [0.05, 0.1) is 6.54 Å². The second-order valence-electron chi connectivity index (χ2n) is 6.52. The molecule has 0 saturated carbocycles. The second-order valence-corrected chi connectivity index (χ2v) is 6.52. The molecule has 1 atom stereocenters. The number of hydrogen-bond acceptors (Lipinski definition) is 5. The van der Waals surface area contributed by atoms with Crippen LogP contribution in [0.5, 0.6) is 0 Å². The smallest absolute Gasteiger partial charge is 0.191 e. The van der Waals surface area contributed by atoms with Gasteiger partial charge in [-0.3, -0.25) is 0 Å². The van der Waals surface area contributed by atoms with Crippen molar-refractivity contribution in [1.82, 2.24) is 25.4 Å². The molecule has 0 aliphatic rings. The van der Waals surface area contributed by atoms with Gasteiger partial charge in [-0.05, 0) is 33.8 Å². The Hall–Kier alpha value is -2.35. The van der Waals surface area contributed by atoms with Crippen LogP contribution in [0.15, 0.2) is 21.8 Å². The standard InChI is InChI=1S/C18H30N6O2/c1-6-16-23-22-12-24(16)9-8-20-17(19-7-2)21-11-18(5,25)15-10-13(3)26-14(15)4/h10,12,25H,6-9,11H2,1-5H3,(H2,19,20,21). The zero-order valence-electron chi connectivity index (χ0n) is 16.3. The van der Waals surface area contributed by atoms with Gasteiger partial charge in [-0.25, -0.2) is 4.99 Å². The SMILES string of the molecule is CCNC(=NCC(C)(O)c1cc(C)oc1C)NCCn1cnnc1CC.